The lowest BCUT2D eigenvalue weighted by molar-refractivity contribution is 0.0690. The number of carboxylic acids is 1. The molecule has 0 aromatic carbocycles. The Morgan fingerprint density at radius 3 is 3.00 bits per heavy atom. The summed E-state index contributed by atoms with van der Waals surface area (Å²) in [6, 6.07) is 5.04. The molecule has 0 spiro atoms. The topological polar surface area (TPSA) is 73.7 Å². The van der Waals surface area contributed by atoms with Gasteiger partial charge in [0.1, 0.15) is 5.69 Å². The summed E-state index contributed by atoms with van der Waals surface area (Å²) in [4.78, 5) is 17.1. The zero-order valence-electron chi connectivity index (χ0n) is 9.54. The number of aliphatic hydroxyl groups is 1. The van der Waals surface area contributed by atoms with Crippen molar-refractivity contribution >= 4 is 5.97 Å². The van der Waals surface area contributed by atoms with Crippen molar-refractivity contribution in [2.75, 3.05) is 19.7 Å². The predicted octanol–water partition coefficient (Wildman–Crippen LogP) is 0.594. The molecule has 0 aliphatic carbocycles. The van der Waals surface area contributed by atoms with Crippen LogP contribution in [0.2, 0.25) is 0 Å². The van der Waals surface area contributed by atoms with Gasteiger partial charge in [-0.3, -0.25) is 4.90 Å². The number of rotatable bonds is 4. The maximum atomic E-state index is 10.8. The number of aromatic nitrogens is 1. The summed E-state index contributed by atoms with van der Waals surface area (Å²) in [5, 5.41) is 17.9. The highest BCUT2D eigenvalue weighted by atomic mass is 16.4. The molecule has 1 unspecified atom stereocenters. The van der Waals surface area contributed by atoms with Gasteiger partial charge in [-0.05, 0) is 31.0 Å². The average Bonchev–Trinajstić information content (AvgIpc) is 2.77. The maximum Gasteiger partial charge on any atom is 0.354 e. The Bertz CT molecular complexity index is 408. The molecule has 1 aliphatic rings. The van der Waals surface area contributed by atoms with Crippen LogP contribution in [-0.2, 0) is 6.54 Å². The van der Waals surface area contributed by atoms with Crippen molar-refractivity contribution in [2.45, 2.75) is 13.0 Å². The highest BCUT2D eigenvalue weighted by Gasteiger charge is 2.22. The first-order chi connectivity index (χ1) is 8.19. The second kappa shape index (κ2) is 5.25. The van der Waals surface area contributed by atoms with Crippen molar-refractivity contribution in [3.63, 3.8) is 0 Å². The summed E-state index contributed by atoms with van der Waals surface area (Å²) in [7, 11) is 0. The van der Waals surface area contributed by atoms with Crippen molar-refractivity contribution in [3.8, 4) is 0 Å². The fourth-order valence-corrected chi connectivity index (χ4v) is 2.12. The number of hydrogen-bond acceptors (Lipinski definition) is 4. The summed E-state index contributed by atoms with van der Waals surface area (Å²) in [5.74, 6) is -0.654. The highest BCUT2D eigenvalue weighted by Crippen LogP contribution is 2.17. The first-order valence-electron chi connectivity index (χ1n) is 5.71. The molecule has 1 fully saturated rings. The third-order valence-corrected chi connectivity index (χ3v) is 3.04. The fourth-order valence-electron chi connectivity index (χ4n) is 2.12. The number of nitrogens with zero attached hydrogens (tertiary/aromatic N) is 2. The monoisotopic (exact) mass is 236 g/mol. The minimum Gasteiger partial charge on any atom is -0.477 e. The van der Waals surface area contributed by atoms with E-state index in [9.17, 15) is 4.79 Å². The van der Waals surface area contributed by atoms with Gasteiger partial charge in [-0.1, -0.05) is 6.07 Å². The molecule has 0 radical (unpaired) electrons. The van der Waals surface area contributed by atoms with Crippen LogP contribution in [0.15, 0.2) is 18.2 Å². The van der Waals surface area contributed by atoms with Crippen molar-refractivity contribution in [3.05, 3.63) is 29.6 Å². The van der Waals surface area contributed by atoms with E-state index in [0.29, 0.717) is 12.5 Å². The van der Waals surface area contributed by atoms with Crippen LogP contribution in [0.25, 0.3) is 0 Å². The Hall–Kier alpha value is -1.46. The lowest BCUT2D eigenvalue weighted by Gasteiger charge is -2.14. The molecule has 0 saturated carbocycles. The molecule has 1 aromatic heterocycles. The number of carboxylic acid groups (broad SMARTS) is 1. The third-order valence-electron chi connectivity index (χ3n) is 3.04. The Morgan fingerprint density at radius 1 is 1.53 bits per heavy atom. The van der Waals surface area contributed by atoms with Gasteiger partial charge in [0.15, 0.2) is 0 Å². The van der Waals surface area contributed by atoms with Gasteiger partial charge in [0, 0.05) is 19.7 Å². The Morgan fingerprint density at radius 2 is 2.35 bits per heavy atom. The van der Waals surface area contributed by atoms with Gasteiger partial charge in [0.25, 0.3) is 0 Å². The first kappa shape index (κ1) is 12.0. The summed E-state index contributed by atoms with van der Waals surface area (Å²) >= 11 is 0. The lowest BCUT2D eigenvalue weighted by atomic mass is 10.1. The lowest BCUT2D eigenvalue weighted by Crippen LogP contribution is -2.22. The molecule has 17 heavy (non-hydrogen) atoms. The molecule has 92 valence electrons. The molecular weight excluding hydrogens is 220 g/mol. The van der Waals surface area contributed by atoms with E-state index in [0.717, 1.165) is 25.2 Å². The van der Waals surface area contributed by atoms with Crippen LogP contribution < -0.4 is 0 Å². The minimum atomic E-state index is -0.999. The Labute approximate surface area is 99.7 Å². The molecule has 0 amide bonds. The molecule has 2 rings (SSSR count). The van der Waals surface area contributed by atoms with Gasteiger partial charge in [-0.2, -0.15) is 0 Å². The van der Waals surface area contributed by atoms with E-state index in [1.165, 1.54) is 6.07 Å². The van der Waals surface area contributed by atoms with Gasteiger partial charge < -0.3 is 10.2 Å². The zero-order chi connectivity index (χ0) is 12.3. The smallest absolute Gasteiger partial charge is 0.354 e. The SMILES string of the molecule is O=C(O)c1cccc(CN2CCC(CO)C2)n1. The third kappa shape index (κ3) is 3.01. The van der Waals surface area contributed by atoms with E-state index >= 15 is 0 Å². The van der Waals surface area contributed by atoms with Gasteiger partial charge >= 0.3 is 5.97 Å². The number of pyridine rings is 1. The molecule has 2 heterocycles. The summed E-state index contributed by atoms with van der Waals surface area (Å²) in [6.45, 7) is 2.66. The van der Waals surface area contributed by atoms with E-state index < -0.39 is 5.97 Å². The van der Waals surface area contributed by atoms with E-state index in [-0.39, 0.29) is 12.3 Å². The van der Waals surface area contributed by atoms with Crippen molar-refractivity contribution in [2.24, 2.45) is 5.92 Å². The van der Waals surface area contributed by atoms with E-state index in [4.69, 9.17) is 10.2 Å². The van der Waals surface area contributed by atoms with Crippen LogP contribution in [0, 0.1) is 5.92 Å². The molecule has 2 N–H and O–H groups in total. The second-order valence-electron chi connectivity index (χ2n) is 4.39. The Balaban J connectivity index is 1.99. The van der Waals surface area contributed by atoms with Crippen LogP contribution >= 0.6 is 0 Å². The molecule has 5 nitrogen and oxygen atoms in total. The Kier molecular flexibility index (Phi) is 3.71. The number of carbonyl (C=O) groups is 1. The molecule has 1 aromatic rings. The van der Waals surface area contributed by atoms with Crippen LogP contribution in [0.4, 0.5) is 0 Å². The number of aromatic carboxylic acids is 1. The fraction of sp³-hybridized carbons (Fsp3) is 0.500. The summed E-state index contributed by atoms with van der Waals surface area (Å²) < 4.78 is 0. The van der Waals surface area contributed by atoms with E-state index in [1.54, 1.807) is 6.07 Å². The summed E-state index contributed by atoms with van der Waals surface area (Å²) in [5.41, 5.74) is 0.851. The minimum absolute atomic E-state index is 0.0837. The molecule has 0 bridgehead atoms. The standard InChI is InChI=1S/C12H16N2O3/c15-8-9-4-5-14(6-9)7-10-2-1-3-11(13-10)12(16)17/h1-3,9,15H,4-8H2,(H,16,17). The van der Waals surface area contributed by atoms with Gasteiger partial charge in [0.2, 0.25) is 0 Å². The van der Waals surface area contributed by atoms with Gasteiger partial charge in [0.05, 0.1) is 5.69 Å². The molecule has 1 saturated heterocycles. The first-order valence-corrected chi connectivity index (χ1v) is 5.71. The van der Waals surface area contributed by atoms with Gasteiger partial charge in [-0.25, -0.2) is 9.78 Å². The van der Waals surface area contributed by atoms with Crippen molar-refractivity contribution in [1.82, 2.24) is 9.88 Å². The van der Waals surface area contributed by atoms with E-state index in [2.05, 4.69) is 9.88 Å². The number of aliphatic hydroxyl groups excluding tert-OH is 1. The predicted molar refractivity (Wildman–Crippen MR) is 61.7 cm³/mol. The van der Waals surface area contributed by atoms with Crippen LogP contribution in [0.3, 0.4) is 0 Å². The van der Waals surface area contributed by atoms with Crippen molar-refractivity contribution < 1.29 is 15.0 Å². The maximum absolute atomic E-state index is 10.8. The molecule has 5 heteroatoms. The number of likely N-dealkylation sites (tertiary alicyclic amines) is 1. The quantitative estimate of drug-likeness (QED) is 0.800. The van der Waals surface area contributed by atoms with Crippen LogP contribution in [0.1, 0.15) is 22.6 Å². The molecular formula is C12H16N2O3. The van der Waals surface area contributed by atoms with Gasteiger partial charge in [-0.15, -0.1) is 0 Å². The van der Waals surface area contributed by atoms with Crippen LogP contribution in [0.5, 0.6) is 0 Å². The highest BCUT2D eigenvalue weighted by molar-refractivity contribution is 5.85. The molecule has 1 aliphatic heterocycles. The number of hydrogen-bond donors (Lipinski definition) is 2. The second-order valence-corrected chi connectivity index (χ2v) is 4.39. The van der Waals surface area contributed by atoms with Crippen LogP contribution in [-0.4, -0.2) is 45.8 Å². The normalized spacial score (nSPS) is 20.6. The largest absolute Gasteiger partial charge is 0.477 e. The zero-order valence-corrected chi connectivity index (χ0v) is 9.54. The summed E-state index contributed by atoms with van der Waals surface area (Å²) in [6.07, 6.45) is 0.995. The molecule has 1 atom stereocenters. The van der Waals surface area contributed by atoms with Crippen molar-refractivity contribution in [1.29, 1.82) is 0 Å². The average molecular weight is 236 g/mol. The van der Waals surface area contributed by atoms with E-state index in [1.807, 2.05) is 6.07 Å².